The van der Waals surface area contributed by atoms with Gasteiger partial charge in [0, 0.05) is 32.7 Å². The normalized spacial score (nSPS) is 10.1. The molecule has 0 aliphatic heterocycles. The van der Waals surface area contributed by atoms with E-state index in [2.05, 4.69) is 42.5 Å². The Morgan fingerprint density at radius 3 is 2.29 bits per heavy atom. The van der Waals surface area contributed by atoms with Crippen LogP contribution in [0, 0.1) is 12.6 Å². The van der Waals surface area contributed by atoms with Gasteiger partial charge in [-0.1, -0.05) is 41.1 Å². The van der Waals surface area contributed by atoms with Crippen LogP contribution in [0.1, 0.15) is 5.56 Å². The number of hydrogen-bond donors (Lipinski definition) is 0. The molecule has 0 fully saturated rings. The Bertz CT molecular complexity index is 683. The standard InChI is InChI=1S/C16H10.Y/c1-2-12-7-8-15-10-13-5-3-4-6-14(13)11-16(15)9-12;/h1-8,10-11H;/q-2;. The largest absolute Gasteiger partial charge is 0.334 e. The van der Waals surface area contributed by atoms with E-state index in [0.717, 1.165) is 10.9 Å². The molecule has 1 heteroatoms. The van der Waals surface area contributed by atoms with E-state index in [1.165, 1.54) is 16.2 Å². The molecule has 79 valence electrons. The molecule has 3 aromatic rings. The van der Waals surface area contributed by atoms with Crippen LogP contribution in [-0.4, -0.2) is 0 Å². The van der Waals surface area contributed by atoms with Crippen LogP contribution in [0.3, 0.4) is 0 Å². The molecular formula is C16H10Y-2. The fourth-order valence-electron chi connectivity index (χ4n) is 1.98. The summed E-state index contributed by atoms with van der Waals surface area (Å²) in [6, 6.07) is 20.0. The van der Waals surface area contributed by atoms with Crippen molar-refractivity contribution in [3.63, 3.8) is 0 Å². The molecule has 3 aromatic carbocycles. The molecule has 0 bridgehead atoms. The van der Waals surface area contributed by atoms with Crippen LogP contribution < -0.4 is 0 Å². The van der Waals surface area contributed by atoms with Crippen LogP contribution >= 0.6 is 0 Å². The molecule has 17 heavy (non-hydrogen) atoms. The van der Waals surface area contributed by atoms with E-state index >= 15 is 0 Å². The first-order valence-corrected chi connectivity index (χ1v) is 5.26. The molecule has 0 aliphatic carbocycles. The van der Waals surface area contributed by atoms with Crippen molar-refractivity contribution in [3.8, 4) is 0 Å². The van der Waals surface area contributed by atoms with Gasteiger partial charge in [0.1, 0.15) is 0 Å². The number of fused-ring (bicyclic) bond motifs is 2. The minimum absolute atomic E-state index is 0. The molecule has 1 radical (unpaired) electrons. The predicted molar refractivity (Wildman–Crippen MR) is 69.1 cm³/mol. The molecule has 3 rings (SSSR count). The van der Waals surface area contributed by atoms with Crippen LogP contribution in [0.15, 0.2) is 48.5 Å². The Kier molecular flexibility index (Phi) is 3.76. The summed E-state index contributed by atoms with van der Waals surface area (Å²) < 4.78 is 0. The van der Waals surface area contributed by atoms with Crippen molar-refractivity contribution in [3.05, 3.63) is 66.7 Å². The van der Waals surface area contributed by atoms with E-state index in [0.29, 0.717) is 0 Å². The van der Waals surface area contributed by atoms with Gasteiger partial charge < -0.3 is 6.58 Å². The van der Waals surface area contributed by atoms with Crippen LogP contribution in [-0.2, 0) is 32.7 Å². The zero-order valence-corrected chi connectivity index (χ0v) is 12.2. The average molecular weight is 291 g/mol. The van der Waals surface area contributed by atoms with Crippen LogP contribution in [0.4, 0.5) is 0 Å². The third-order valence-corrected chi connectivity index (χ3v) is 2.82. The SMILES string of the molecule is [CH-]=Cc1[c-]c2cc3ccccc3cc2cc1.[Y]. The van der Waals surface area contributed by atoms with E-state index in [1.54, 1.807) is 6.08 Å². The average Bonchev–Trinajstić information content (AvgIpc) is 2.35. The maximum Gasteiger partial charge on any atom is 0 e. The zero-order chi connectivity index (χ0) is 11.0. The van der Waals surface area contributed by atoms with Gasteiger partial charge in [0.05, 0.1) is 0 Å². The second-order valence-electron chi connectivity index (χ2n) is 3.87. The first kappa shape index (κ1) is 12.5. The van der Waals surface area contributed by atoms with Crippen molar-refractivity contribution in [2.75, 3.05) is 0 Å². The first-order chi connectivity index (χ1) is 7.86. The van der Waals surface area contributed by atoms with E-state index in [-0.39, 0.29) is 32.7 Å². The van der Waals surface area contributed by atoms with Gasteiger partial charge in [-0.25, -0.2) is 12.1 Å². The van der Waals surface area contributed by atoms with Gasteiger partial charge in [0.15, 0.2) is 0 Å². The molecule has 0 aliphatic rings. The Hall–Kier alpha value is -0.976. The molecule has 0 heterocycles. The predicted octanol–water partition coefficient (Wildman–Crippen LogP) is 4.24. The summed E-state index contributed by atoms with van der Waals surface area (Å²) in [7, 11) is 0. The van der Waals surface area contributed by atoms with Gasteiger partial charge in [0.25, 0.3) is 0 Å². The molecule has 0 nitrogen and oxygen atoms in total. The van der Waals surface area contributed by atoms with Gasteiger partial charge in [-0.15, -0.1) is 17.5 Å². The maximum atomic E-state index is 5.50. The summed E-state index contributed by atoms with van der Waals surface area (Å²) in [6.45, 7) is 5.50. The molecule has 0 saturated heterocycles. The molecule has 0 saturated carbocycles. The summed E-state index contributed by atoms with van der Waals surface area (Å²) in [6.07, 6.45) is 1.58. The smallest absolute Gasteiger partial charge is 0 e. The van der Waals surface area contributed by atoms with Gasteiger partial charge in [-0.3, -0.25) is 11.6 Å². The molecule has 0 amide bonds. The summed E-state index contributed by atoms with van der Waals surface area (Å²) in [5.74, 6) is 0. The number of rotatable bonds is 1. The van der Waals surface area contributed by atoms with Crippen LogP contribution in [0.2, 0.25) is 0 Å². The molecular weight excluding hydrogens is 281 g/mol. The molecule has 0 unspecified atom stereocenters. The third kappa shape index (κ3) is 2.34. The van der Waals surface area contributed by atoms with Crippen LogP contribution in [0.25, 0.3) is 27.6 Å². The van der Waals surface area contributed by atoms with Crippen molar-refractivity contribution in [1.29, 1.82) is 0 Å². The van der Waals surface area contributed by atoms with Crippen molar-refractivity contribution in [2.24, 2.45) is 0 Å². The molecule has 0 N–H and O–H groups in total. The first-order valence-electron chi connectivity index (χ1n) is 5.26. The Labute approximate surface area is 126 Å². The summed E-state index contributed by atoms with van der Waals surface area (Å²) in [4.78, 5) is 0. The maximum absolute atomic E-state index is 5.50. The zero-order valence-electron chi connectivity index (χ0n) is 9.35. The fourth-order valence-corrected chi connectivity index (χ4v) is 1.98. The Morgan fingerprint density at radius 1 is 0.882 bits per heavy atom. The van der Waals surface area contributed by atoms with E-state index in [1.807, 2.05) is 12.1 Å². The van der Waals surface area contributed by atoms with Gasteiger partial charge >= 0.3 is 0 Å². The quantitative estimate of drug-likeness (QED) is 0.465. The van der Waals surface area contributed by atoms with Crippen molar-refractivity contribution in [1.82, 2.24) is 0 Å². The van der Waals surface area contributed by atoms with E-state index in [9.17, 15) is 0 Å². The van der Waals surface area contributed by atoms with Gasteiger partial charge in [0.2, 0.25) is 0 Å². The van der Waals surface area contributed by atoms with E-state index < -0.39 is 0 Å². The fraction of sp³-hybridized carbons (Fsp3) is 0. The van der Waals surface area contributed by atoms with Crippen molar-refractivity contribution >= 4 is 27.6 Å². The summed E-state index contributed by atoms with van der Waals surface area (Å²) in [5, 5.41) is 4.80. The minimum atomic E-state index is 0. The molecule has 0 aromatic heterocycles. The van der Waals surface area contributed by atoms with Crippen molar-refractivity contribution in [2.45, 2.75) is 0 Å². The second-order valence-corrected chi connectivity index (χ2v) is 3.87. The topological polar surface area (TPSA) is 0 Å². The Morgan fingerprint density at radius 2 is 1.59 bits per heavy atom. The molecule has 0 spiro atoms. The number of benzene rings is 3. The summed E-state index contributed by atoms with van der Waals surface area (Å²) >= 11 is 0. The number of hydrogen-bond acceptors (Lipinski definition) is 0. The van der Waals surface area contributed by atoms with Crippen molar-refractivity contribution < 1.29 is 32.7 Å². The van der Waals surface area contributed by atoms with Gasteiger partial charge in [-0.05, 0) is 5.39 Å². The van der Waals surface area contributed by atoms with E-state index in [4.69, 9.17) is 6.58 Å². The molecule has 0 atom stereocenters. The third-order valence-electron chi connectivity index (χ3n) is 2.82. The summed E-state index contributed by atoms with van der Waals surface area (Å²) in [5.41, 5.74) is 0.933. The van der Waals surface area contributed by atoms with Crippen LogP contribution in [0.5, 0.6) is 0 Å². The van der Waals surface area contributed by atoms with Gasteiger partial charge in [-0.2, -0.15) is 0 Å². The second kappa shape index (κ2) is 5.12. The monoisotopic (exact) mass is 291 g/mol. The Balaban J connectivity index is 0.00000108. The minimum Gasteiger partial charge on any atom is -0.334 e.